The highest BCUT2D eigenvalue weighted by Crippen LogP contribution is 2.24. The molecule has 0 radical (unpaired) electrons. The molecule has 0 aliphatic heterocycles. The fourth-order valence-corrected chi connectivity index (χ4v) is 1.91. The second kappa shape index (κ2) is 5.98. The number of aromatic nitrogens is 1. The van der Waals surface area contributed by atoms with Crippen molar-refractivity contribution in [1.29, 1.82) is 0 Å². The van der Waals surface area contributed by atoms with E-state index in [9.17, 15) is 17.6 Å². The van der Waals surface area contributed by atoms with E-state index in [1.807, 2.05) is 23.9 Å². The summed E-state index contributed by atoms with van der Waals surface area (Å²) in [5.41, 5.74) is -0.0207. The second-order valence-corrected chi connectivity index (χ2v) is 4.45. The highest BCUT2D eigenvalue weighted by Gasteiger charge is 2.18. The third kappa shape index (κ3) is 2.95. The molecule has 2 nitrogen and oxygen atoms in total. The molecule has 2 aromatic rings. The van der Waals surface area contributed by atoms with Crippen LogP contribution in [-0.2, 0) is 13.1 Å². The highest BCUT2D eigenvalue weighted by atomic mass is 19.2. The summed E-state index contributed by atoms with van der Waals surface area (Å²) in [5, 5.41) is 2.39. The number of aryl methyl sites for hydroxylation is 1. The van der Waals surface area contributed by atoms with Gasteiger partial charge in [0, 0.05) is 31.5 Å². The summed E-state index contributed by atoms with van der Waals surface area (Å²) < 4.78 is 54.8. The quantitative estimate of drug-likeness (QED) is 0.647. The SMILES string of the molecule is CCCn1ccc(CNc2c(F)c(F)cc(F)c2F)c1. The summed E-state index contributed by atoms with van der Waals surface area (Å²) in [5.74, 6) is -5.68. The van der Waals surface area contributed by atoms with Gasteiger partial charge in [-0.05, 0) is 18.1 Å². The van der Waals surface area contributed by atoms with Gasteiger partial charge in [0.2, 0.25) is 0 Å². The Kier molecular flexibility index (Phi) is 4.32. The molecular formula is C14H14F4N2. The second-order valence-electron chi connectivity index (χ2n) is 4.45. The lowest BCUT2D eigenvalue weighted by molar-refractivity contribution is 0.458. The minimum Gasteiger partial charge on any atom is -0.376 e. The van der Waals surface area contributed by atoms with Crippen molar-refractivity contribution in [3.05, 3.63) is 53.4 Å². The first kappa shape index (κ1) is 14.4. The van der Waals surface area contributed by atoms with Gasteiger partial charge in [-0.1, -0.05) is 6.92 Å². The monoisotopic (exact) mass is 286 g/mol. The van der Waals surface area contributed by atoms with Crippen molar-refractivity contribution < 1.29 is 17.6 Å². The molecule has 1 aromatic carbocycles. The molecule has 108 valence electrons. The van der Waals surface area contributed by atoms with Gasteiger partial charge in [0.1, 0.15) is 5.69 Å². The molecule has 2 rings (SSSR count). The molecule has 0 atom stereocenters. The lowest BCUT2D eigenvalue weighted by atomic mass is 10.2. The predicted octanol–water partition coefficient (Wildman–Crippen LogP) is 4.07. The number of hydrogen-bond donors (Lipinski definition) is 1. The van der Waals surface area contributed by atoms with Gasteiger partial charge in [-0.3, -0.25) is 0 Å². The molecule has 0 saturated heterocycles. The maximum atomic E-state index is 13.4. The van der Waals surface area contributed by atoms with Crippen LogP contribution in [0.1, 0.15) is 18.9 Å². The van der Waals surface area contributed by atoms with Crippen LogP contribution in [0.5, 0.6) is 0 Å². The zero-order chi connectivity index (χ0) is 14.7. The first-order valence-electron chi connectivity index (χ1n) is 6.24. The molecule has 1 heterocycles. The first-order chi connectivity index (χ1) is 9.52. The number of nitrogens with one attached hydrogen (secondary N) is 1. The van der Waals surface area contributed by atoms with Crippen LogP contribution in [0, 0.1) is 23.3 Å². The third-order valence-electron chi connectivity index (χ3n) is 2.87. The maximum Gasteiger partial charge on any atom is 0.185 e. The Hall–Kier alpha value is -1.98. The highest BCUT2D eigenvalue weighted by molar-refractivity contribution is 5.47. The summed E-state index contributed by atoms with van der Waals surface area (Å²) >= 11 is 0. The summed E-state index contributed by atoms with van der Waals surface area (Å²) in [6.45, 7) is 2.93. The van der Waals surface area contributed by atoms with Gasteiger partial charge in [0.25, 0.3) is 0 Å². The number of hydrogen-bond acceptors (Lipinski definition) is 1. The van der Waals surface area contributed by atoms with Gasteiger partial charge in [-0.25, -0.2) is 17.6 Å². The smallest absolute Gasteiger partial charge is 0.185 e. The van der Waals surface area contributed by atoms with Crippen LogP contribution in [0.2, 0.25) is 0 Å². The van der Waals surface area contributed by atoms with Crippen molar-refractivity contribution >= 4 is 5.69 Å². The van der Waals surface area contributed by atoms with Crippen LogP contribution in [0.15, 0.2) is 24.5 Å². The van der Waals surface area contributed by atoms with Crippen LogP contribution in [0.4, 0.5) is 23.2 Å². The Morgan fingerprint density at radius 2 is 1.75 bits per heavy atom. The topological polar surface area (TPSA) is 17.0 Å². The molecule has 6 heteroatoms. The fourth-order valence-electron chi connectivity index (χ4n) is 1.91. The molecular weight excluding hydrogens is 272 g/mol. The molecule has 0 fully saturated rings. The van der Waals surface area contributed by atoms with Crippen molar-refractivity contribution in [3.63, 3.8) is 0 Å². The number of halogens is 4. The van der Waals surface area contributed by atoms with Gasteiger partial charge < -0.3 is 9.88 Å². The van der Waals surface area contributed by atoms with Gasteiger partial charge >= 0.3 is 0 Å². The van der Waals surface area contributed by atoms with E-state index in [0.29, 0.717) is 0 Å². The molecule has 0 spiro atoms. The number of nitrogens with zero attached hydrogens (tertiary/aromatic N) is 1. The Balaban J connectivity index is 2.14. The third-order valence-corrected chi connectivity index (χ3v) is 2.87. The summed E-state index contributed by atoms with van der Waals surface area (Å²) in [7, 11) is 0. The zero-order valence-electron chi connectivity index (χ0n) is 10.9. The minimum atomic E-state index is -1.42. The van der Waals surface area contributed by atoms with E-state index in [4.69, 9.17) is 0 Å². The van der Waals surface area contributed by atoms with Crippen molar-refractivity contribution in [2.75, 3.05) is 5.32 Å². The van der Waals surface area contributed by atoms with Crippen molar-refractivity contribution in [2.24, 2.45) is 0 Å². The molecule has 0 amide bonds. The molecule has 0 aliphatic rings. The molecule has 1 N–H and O–H groups in total. The van der Waals surface area contributed by atoms with Crippen LogP contribution in [-0.4, -0.2) is 4.57 Å². The molecule has 20 heavy (non-hydrogen) atoms. The van der Waals surface area contributed by atoms with Crippen LogP contribution >= 0.6 is 0 Å². The van der Waals surface area contributed by atoms with E-state index >= 15 is 0 Å². The zero-order valence-corrected chi connectivity index (χ0v) is 10.9. The van der Waals surface area contributed by atoms with Crippen LogP contribution in [0.3, 0.4) is 0 Å². The van der Waals surface area contributed by atoms with Gasteiger partial charge in [0.15, 0.2) is 23.3 Å². The van der Waals surface area contributed by atoms with Crippen molar-refractivity contribution in [2.45, 2.75) is 26.4 Å². The average Bonchev–Trinajstić information content (AvgIpc) is 2.85. The number of rotatable bonds is 5. The Labute approximate surface area is 114 Å². The summed E-state index contributed by atoms with van der Waals surface area (Å²) in [6, 6.07) is 1.96. The van der Waals surface area contributed by atoms with Crippen molar-refractivity contribution in [1.82, 2.24) is 4.57 Å². The Morgan fingerprint density at radius 3 is 2.35 bits per heavy atom. The molecule has 0 saturated carbocycles. The van der Waals surface area contributed by atoms with E-state index in [2.05, 4.69) is 5.32 Å². The van der Waals surface area contributed by atoms with E-state index in [1.54, 1.807) is 6.07 Å². The minimum absolute atomic E-state index is 0.0768. The molecule has 0 aliphatic carbocycles. The van der Waals surface area contributed by atoms with Gasteiger partial charge in [-0.2, -0.15) is 0 Å². The molecule has 0 unspecified atom stereocenters. The van der Waals surface area contributed by atoms with E-state index < -0.39 is 29.0 Å². The fraction of sp³-hybridized carbons (Fsp3) is 0.286. The van der Waals surface area contributed by atoms with Gasteiger partial charge in [-0.15, -0.1) is 0 Å². The largest absolute Gasteiger partial charge is 0.376 e. The van der Waals surface area contributed by atoms with E-state index in [1.165, 1.54) is 0 Å². The van der Waals surface area contributed by atoms with Crippen LogP contribution < -0.4 is 5.32 Å². The molecule has 0 bridgehead atoms. The molecule has 1 aromatic heterocycles. The van der Waals surface area contributed by atoms with E-state index in [0.717, 1.165) is 18.5 Å². The lowest BCUT2D eigenvalue weighted by Gasteiger charge is -2.09. The predicted molar refractivity (Wildman–Crippen MR) is 68.3 cm³/mol. The first-order valence-corrected chi connectivity index (χ1v) is 6.24. The standard InChI is InChI=1S/C14H14F4N2/c1-2-4-20-5-3-9(8-20)7-19-14-12(17)10(15)6-11(16)13(14)18/h3,5-6,8,19H,2,4,7H2,1H3. The summed E-state index contributed by atoms with van der Waals surface area (Å²) in [6.07, 6.45) is 4.60. The Morgan fingerprint density at radius 1 is 1.10 bits per heavy atom. The van der Waals surface area contributed by atoms with Crippen LogP contribution in [0.25, 0.3) is 0 Å². The average molecular weight is 286 g/mol. The van der Waals surface area contributed by atoms with Gasteiger partial charge in [0.05, 0.1) is 0 Å². The Bertz CT molecular complexity index is 581. The lowest BCUT2D eigenvalue weighted by Crippen LogP contribution is -2.07. The summed E-state index contributed by atoms with van der Waals surface area (Å²) in [4.78, 5) is 0. The maximum absolute atomic E-state index is 13.4. The van der Waals surface area contributed by atoms with E-state index in [-0.39, 0.29) is 12.6 Å². The number of benzene rings is 1. The normalized spacial score (nSPS) is 10.8. The number of anilines is 1. The van der Waals surface area contributed by atoms with Crippen molar-refractivity contribution in [3.8, 4) is 0 Å².